The number of halogens is 4. The van der Waals surface area contributed by atoms with E-state index in [2.05, 4.69) is 21.3 Å². The summed E-state index contributed by atoms with van der Waals surface area (Å²) in [5, 5.41) is 11.1. The highest BCUT2D eigenvalue weighted by atomic mass is 35.5. The molecule has 526 valence electrons. The molecule has 22 nitrogen and oxygen atoms in total. The zero-order valence-corrected chi connectivity index (χ0v) is 59.6. The van der Waals surface area contributed by atoms with Gasteiger partial charge in [-0.1, -0.05) is 109 Å². The second-order valence-corrected chi connectivity index (χ2v) is 28.2. The van der Waals surface area contributed by atoms with E-state index in [-0.39, 0.29) is 73.7 Å². The monoisotopic (exact) mass is 1340 g/mol. The second kappa shape index (κ2) is 34.2. The van der Waals surface area contributed by atoms with Crippen LogP contribution < -0.4 is 21.3 Å². The Balaban J connectivity index is 1.84. The minimum Gasteiger partial charge on any atom is -0.351 e. The molecule has 2 saturated heterocycles. The number of likely N-dealkylation sites (N-methyl/N-ethyl adjacent to an activating group) is 7. The summed E-state index contributed by atoms with van der Waals surface area (Å²) in [5.74, 6) is -6.83. The number of fused-ring (bicyclic) bond motifs is 1. The van der Waals surface area contributed by atoms with Crippen LogP contribution in [0.4, 0.5) is 13.2 Å². The van der Waals surface area contributed by atoms with E-state index in [1.54, 1.807) is 51.9 Å². The first kappa shape index (κ1) is 79.6. The molecule has 2 aromatic rings. The molecular formula is C68H105ClF3N11O11. The molecular weight excluding hydrogens is 1240 g/mol. The number of benzene rings is 2. The number of ether oxygens (including phenoxy) is 1. The lowest BCUT2D eigenvalue weighted by atomic mass is 9.95. The van der Waals surface area contributed by atoms with Gasteiger partial charge in [0.15, 0.2) is 0 Å². The highest BCUT2D eigenvalue weighted by molar-refractivity contribution is 6.31. The van der Waals surface area contributed by atoms with E-state index in [1.165, 1.54) is 76.8 Å². The van der Waals surface area contributed by atoms with E-state index >= 15 is 0 Å². The van der Waals surface area contributed by atoms with Crippen LogP contribution in [-0.4, -0.2) is 222 Å². The first-order valence-corrected chi connectivity index (χ1v) is 33.0. The van der Waals surface area contributed by atoms with Crippen LogP contribution in [0, 0.1) is 30.6 Å². The van der Waals surface area contributed by atoms with Crippen molar-refractivity contribution < 1.29 is 65.9 Å². The molecule has 2 aliphatic rings. The first-order valence-electron chi connectivity index (χ1n) is 32.6. The predicted octanol–water partition coefficient (Wildman–Crippen LogP) is 6.07. The molecule has 10 amide bonds. The number of alkyl halides is 3. The van der Waals surface area contributed by atoms with Crippen LogP contribution >= 0.6 is 11.6 Å². The van der Waals surface area contributed by atoms with E-state index in [0.29, 0.717) is 18.4 Å². The van der Waals surface area contributed by atoms with Gasteiger partial charge in [-0.05, 0) is 114 Å². The van der Waals surface area contributed by atoms with Crippen LogP contribution in [0.5, 0.6) is 0 Å². The van der Waals surface area contributed by atoms with Crippen molar-refractivity contribution >= 4 is 70.7 Å². The third-order valence-electron chi connectivity index (χ3n) is 18.4. The summed E-state index contributed by atoms with van der Waals surface area (Å²) in [7, 11) is 10.2. The van der Waals surface area contributed by atoms with Gasteiger partial charge >= 0.3 is 6.18 Å². The van der Waals surface area contributed by atoms with Gasteiger partial charge in [-0.2, -0.15) is 13.2 Å². The van der Waals surface area contributed by atoms with E-state index in [0.717, 1.165) is 32.4 Å². The van der Waals surface area contributed by atoms with Crippen molar-refractivity contribution in [1.29, 1.82) is 0 Å². The fraction of sp³-hybridized carbons (Fsp3) is 0.676. The topological polar surface area (TPSA) is 254 Å². The summed E-state index contributed by atoms with van der Waals surface area (Å²) in [5.41, 5.74) is -0.920. The molecule has 0 aliphatic carbocycles. The minimum absolute atomic E-state index is 0.0256. The number of hydrogen-bond donors (Lipinski definition) is 4. The van der Waals surface area contributed by atoms with Crippen LogP contribution in [-0.2, 0) is 71.7 Å². The summed E-state index contributed by atoms with van der Waals surface area (Å²) in [6, 6.07) is 1.78. The zero-order chi connectivity index (χ0) is 71.3. The Morgan fingerprint density at radius 3 is 1.71 bits per heavy atom. The number of rotatable bonds is 13. The molecule has 0 spiro atoms. The number of carbonyl (C=O) groups is 10. The number of nitrogens with zero attached hydrogens (tertiary/aromatic N) is 7. The van der Waals surface area contributed by atoms with Crippen LogP contribution in [0.25, 0.3) is 0 Å². The Kier molecular flexibility index (Phi) is 28.9. The smallest absolute Gasteiger partial charge is 0.351 e. The van der Waals surface area contributed by atoms with Crippen molar-refractivity contribution in [1.82, 2.24) is 55.6 Å². The van der Waals surface area contributed by atoms with Gasteiger partial charge in [0, 0.05) is 68.2 Å². The predicted molar refractivity (Wildman–Crippen MR) is 353 cm³/mol. The Hall–Kier alpha value is -6.86. The number of amides is 10. The molecule has 4 rings (SSSR count). The normalized spacial score (nSPS) is 26.2. The minimum atomic E-state index is -4.76. The van der Waals surface area contributed by atoms with Crippen LogP contribution in [0.1, 0.15) is 144 Å². The molecule has 2 fully saturated rings. The van der Waals surface area contributed by atoms with Crippen molar-refractivity contribution in [2.75, 3.05) is 62.4 Å². The molecule has 11 unspecified atom stereocenters. The number of carbonyl (C=O) groups excluding carboxylic acids is 10. The quantitative estimate of drug-likeness (QED) is 0.167. The maximum atomic E-state index is 14.9. The summed E-state index contributed by atoms with van der Waals surface area (Å²) in [6.45, 7) is 22.2. The standard InChI is InChI=1S/C68H105ClF3N11O11/c1-21-42(9)57-65(92)78(15)36-55(85)77(14)37-56(86)82(19)53(35-46-24-22-41(8)23-25-46)64(91)80(17)44(11)59(87)73-49(29-27-45-26-28-47(48(69)34-45)68(70,71)72)60(88)74-51(31-39(4)5)63(90)83(20)67(12,13)66(93)75-50(30-38(2)3)62(89)79(16)43(10)33-54(84)81(18)52(32-40(6)7)58-61(76-57)94-58/h22-26,28,34,38-40,42-44,49-53,57-58,61,76H,21,27,29-33,35-37H2,1-20H3,(H,73,87)(H,74,88)(H,75,93). The Morgan fingerprint density at radius 1 is 0.628 bits per heavy atom. The van der Waals surface area contributed by atoms with Crippen molar-refractivity contribution in [3.8, 4) is 0 Å². The van der Waals surface area contributed by atoms with Crippen LogP contribution in [0.3, 0.4) is 0 Å². The molecule has 2 heterocycles. The summed E-state index contributed by atoms with van der Waals surface area (Å²) >= 11 is 6.12. The van der Waals surface area contributed by atoms with Gasteiger partial charge < -0.3 is 55.0 Å². The molecule has 11 atom stereocenters. The average Bonchev–Trinajstić information content (AvgIpc) is 1.59. The highest BCUT2D eigenvalue weighted by Crippen LogP contribution is 2.36. The van der Waals surface area contributed by atoms with Gasteiger partial charge in [0.2, 0.25) is 59.1 Å². The summed E-state index contributed by atoms with van der Waals surface area (Å²) in [6.07, 6.45) is -5.15. The fourth-order valence-corrected chi connectivity index (χ4v) is 11.6. The third kappa shape index (κ3) is 21.6. The van der Waals surface area contributed by atoms with Crippen molar-refractivity contribution in [2.24, 2.45) is 23.7 Å². The third-order valence-corrected chi connectivity index (χ3v) is 18.7. The van der Waals surface area contributed by atoms with Gasteiger partial charge in [0.05, 0.1) is 35.8 Å². The van der Waals surface area contributed by atoms with Crippen LogP contribution in [0.15, 0.2) is 42.5 Å². The molecule has 0 saturated carbocycles. The molecule has 0 radical (unpaired) electrons. The van der Waals surface area contributed by atoms with Gasteiger partial charge in [-0.25, -0.2) is 0 Å². The molecule has 2 aromatic carbocycles. The van der Waals surface area contributed by atoms with Crippen molar-refractivity contribution in [3.63, 3.8) is 0 Å². The van der Waals surface area contributed by atoms with Crippen LogP contribution in [0.2, 0.25) is 5.02 Å². The van der Waals surface area contributed by atoms with Gasteiger partial charge in [-0.15, -0.1) is 0 Å². The number of hydrogen-bond acceptors (Lipinski definition) is 12. The molecule has 0 aromatic heterocycles. The highest BCUT2D eigenvalue weighted by Gasteiger charge is 2.50. The fourth-order valence-electron chi connectivity index (χ4n) is 11.2. The van der Waals surface area contributed by atoms with E-state index in [9.17, 15) is 61.1 Å². The number of aryl methyl sites for hydroxylation is 2. The SMILES string of the molecule is CCC(C)C1NC2OC2C(CC(C)C)N(C)C(=O)CC(C)N(C)C(=O)C(CC(C)C)NC(=O)C(C)(C)N(C)C(=O)C(CC(C)C)NC(=O)C(CCc2ccc(C(F)(F)F)c(Cl)c2)NC(=O)C(C)N(C)C(=O)C(Cc2ccc(C)cc2)N(C)C(=O)CN(C)C(=O)CN(C)C1=O. The lowest BCUT2D eigenvalue weighted by Crippen LogP contribution is -2.63. The van der Waals surface area contributed by atoms with Crippen molar-refractivity contribution in [2.45, 2.75) is 214 Å². The Morgan fingerprint density at radius 2 is 1.17 bits per heavy atom. The molecule has 94 heavy (non-hydrogen) atoms. The van der Waals surface area contributed by atoms with Crippen molar-refractivity contribution in [3.05, 3.63) is 69.7 Å². The molecule has 26 heteroatoms. The van der Waals surface area contributed by atoms with E-state index in [1.807, 2.05) is 60.6 Å². The van der Waals surface area contributed by atoms with Gasteiger partial charge in [0.25, 0.3) is 0 Å². The summed E-state index contributed by atoms with van der Waals surface area (Å²) < 4.78 is 47.7. The largest absolute Gasteiger partial charge is 0.417 e. The maximum absolute atomic E-state index is 14.9. The van der Waals surface area contributed by atoms with Gasteiger partial charge in [-0.3, -0.25) is 53.3 Å². The van der Waals surface area contributed by atoms with Gasteiger partial charge in [0.1, 0.15) is 48.1 Å². The second-order valence-electron chi connectivity index (χ2n) is 27.7. The lowest BCUT2D eigenvalue weighted by molar-refractivity contribution is -0.149. The zero-order valence-electron chi connectivity index (χ0n) is 58.8. The molecule has 2 aliphatic heterocycles. The molecule has 4 N–H and O–H groups in total. The Labute approximate surface area is 559 Å². The summed E-state index contributed by atoms with van der Waals surface area (Å²) in [4.78, 5) is 155. The number of nitrogens with one attached hydrogen (secondary N) is 4. The maximum Gasteiger partial charge on any atom is 0.417 e. The van der Waals surface area contributed by atoms with E-state index < -0.39 is 149 Å². The van der Waals surface area contributed by atoms with E-state index in [4.69, 9.17) is 16.3 Å². The average molecular weight is 1350 g/mol. The number of epoxide rings is 1. The Bertz CT molecular complexity index is 3000. The first-order chi connectivity index (χ1) is 43.5. The lowest BCUT2D eigenvalue weighted by Gasteiger charge is -2.39. The molecule has 0 bridgehead atoms.